The molecule has 0 unspecified atom stereocenters. The quantitative estimate of drug-likeness (QED) is 0.534. The third-order valence-electron chi connectivity index (χ3n) is 2.23. The molecule has 0 bridgehead atoms. The molecule has 0 amide bonds. The van der Waals surface area contributed by atoms with Gasteiger partial charge in [-0.15, -0.1) is 0 Å². The Kier molecular flexibility index (Phi) is 15.0. The molecule has 0 saturated carbocycles. The molecule has 4 heteroatoms. The molecule has 0 atom stereocenters. The topological polar surface area (TPSA) is 63.6 Å². The van der Waals surface area contributed by atoms with Gasteiger partial charge in [0.25, 0.3) is 0 Å². The zero-order valence-corrected chi connectivity index (χ0v) is 12.2. The molecule has 0 heterocycles. The molecule has 1 N–H and O–H groups in total. The molecule has 18 heavy (non-hydrogen) atoms. The Hall–Kier alpha value is -1.06. The summed E-state index contributed by atoms with van der Waals surface area (Å²) < 4.78 is 4.49. The Morgan fingerprint density at radius 2 is 1.72 bits per heavy atom. The van der Waals surface area contributed by atoms with Crippen LogP contribution in [0.25, 0.3) is 0 Å². The molecule has 0 aliphatic heterocycles. The Morgan fingerprint density at radius 1 is 1.11 bits per heavy atom. The molecule has 108 valence electrons. The van der Waals surface area contributed by atoms with Crippen molar-refractivity contribution in [3.05, 3.63) is 0 Å². The van der Waals surface area contributed by atoms with Crippen LogP contribution in [0.15, 0.2) is 0 Å². The Balaban J connectivity index is 0. The number of hydrogen-bond acceptors (Lipinski definition) is 3. The van der Waals surface area contributed by atoms with E-state index in [0.717, 1.165) is 5.92 Å². The average Bonchev–Trinajstić information content (AvgIpc) is 2.28. The molecule has 0 fully saturated rings. The molecule has 0 aromatic rings. The number of rotatable bonds is 8. The van der Waals surface area contributed by atoms with E-state index in [1.807, 2.05) is 0 Å². The lowest BCUT2D eigenvalue weighted by molar-refractivity contribution is -0.147. The van der Waals surface area contributed by atoms with Crippen molar-refractivity contribution in [2.24, 2.45) is 5.92 Å². The van der Waals surface area contributed by atoms with E-state index >= 15 is 0 Å². The van der Waals surface area contributed by atoms with Gasteiger partial charge < -0.3 is 9.84 Å². The van der Waals surface area contributed by atoms with Gasteiger partial charge in [-0.05, 0) is 12.8 Å². The predicted octanol–water partition coefficient (Wildman–Crippen LogP) is 3.64. The fourth-order valence-electron chi connectivity index (χ4n) is 1.24. The maximum absolute atomic E-state index is 10.5. The maximum Gasteiger partial charge on any atom is 0.306 e. The maximum atomic E-state index is 10.5. The highest BCUT2D eigenvalue weighted by molar-refractivity contribution is 5.76. The fraction of sp³-hybridized carbons (Fsp3) is 0.857. The van der Waals surface area contributed by atoms with Gasteiger partial charge >= 0.3 is 11.9 Å². The van der Waals surface area contributed by atoms with Crippen molar-refractivity contribution in [3.8, 4) is 0 Å². The lowest BCUT2D eigenvalue weighted by atomic mass is 10.1. The van der Waals surface area contributed by atoms with Gasteiger partial charge in [-0.3, -0.25) is 9.59 Å². The number of aliphatic carboxylic acids is 1. The van der Waals surface area contributed by atoms with Crippen molar-refractivity contribution >= 4 is 11.9 Å². The number of esters is 1. The van der Waals surface area contributed by atoms with Gasteiger partial charge in [-0.1, -0.05) is 46.5 Å². The molecular weight excluding hydrogens is 232 g/mol. The third-order valence-corrected chi connectivity index (χ3v) is 2.23. The first-order valence-corrected chi connectivity index (χ1v) is 6.81. The van der Waals surface area contributed by atoms with Gasteiger partial charge in [0.2, 0.25) is 0 Å². The first-order chi connectivity index (χ1) is 8.43. The van der Waals surface area contributed by atoms with Crippen LogP contribution in [0.1, 0.15) is 66.2 Å². The summed E-state index contributed by atoms with van der Waals surface area (Å²) in [5.41, 5.74) is 0. The fourth-order valence-corrected chi connectivity index (χ4v) is 1.24. The zero-order valence-electron chi connectivity index (χ0n) is 12.2. The van der Waals surface area contributed by atoms with Crippen LogP contribution in [0.3, 0.4) is 0 Å². The Morgan fingerprint density at radius 3 is 2.11 bits per heavy atom. The van der Waals surface area contributed by atoms with E-state index in [4.69, 9.17) is 5.11 Å². The zero-order chi connectivity index (χ0) is 14.4. The second-order valence-electron chi connectivity index (χ2n) is 4.59. The summed E-state index contributed by atoms with van der Waals surface area (Å²) >= 11 is 0. The number of hydrogen-bond donors (Lipinski definition) is 1. The smallest absolute Gasteiger partial charge is 0.306 e. The number of ether oxygens (including phenoxy) is 1. The van der Waals surface area contributed by atoms with E-state index in [-0.39, 0.29) is 12.8 Å². The normalized spacial score (nSPS) is 9.61. The van der Waals surface area contributed by atoms with E-state index in [0.29, 0.717) is 6.61 Å². The van der Waals surface area contributed by atoms with Gasteiger partial charge in [0.15, 0.2) is 0 Å². The van der Waals surface area contributed by atoms with E-state index in [2.05, 4.69) is 25.5 Å². The number of carbonyl (C=O) groups is 2. The van der Waals surface area contributed by atoms with Crippen LogP contribution in [0, 0.1) is 5.92 Å². The minimum atomic E-state index is -0.979. The summed E-state index contributed by atoms with van der Waals surface area (Å²) in [7, 11) is 0. The molecule has 0 aliphatic carbocycles. The van der Waals surface area contributed by atoms with Crippen molar-refractivity contribution in [3.63, 3.8) is 0 Å². The van der Waals surface area contributed by atoms with Gasteiger partial charge in [-0.25, -0.2) is 0 Å². The number of unbranched alkanes of at least 4 members (excludes halogenated alkanes) is 2. The first-order valence-electron chi connectivity index (χ1n) is 6.81. The average molecular weight is 260 g/mol. The molecular formula is C14H28O4. The first kappa shape index (κ1) is 19.3. The van der Waals surface area contributed by atoms with Gasteiger partial charge in [0.05, 0.1) is 19.4 Å². The second-order valence-corrected chi connectivity index (χ2v) is 4.59. The standard InChI is InChI=1S/C8H18.C6H10O4/c1-4-5-6-7-8(2)3;1-2-10-6(9)4-3-5(7)8/h8H,4-7H2,1-3H3;2-4H2,1H3,(H,7,8). The van der Waals surface area contributed by atoms with Crippen LogP contribution in [0.5, 0.6) is 0 Å². The van der Waals surface area contributed by atoms with Gasteiger partial charge in [0.1, 0.15) is 0 Å². The monoisotopic (exact) mass is 260 g/mol. The molecule has 0 aromatic carbocycles. The van der Waals surface area contributed by atoms with Crippen LogP contribution >= 0.6 is 0 Å². The molecule has 0 spiro atoms. The van der Waals surface area contributed by atoms with Crippen molar-refractivity contribution < 1.29 is 19.4 Å². The van der Waals surface area contributed by atoms with Crippen molar-refractivity contribution in [2.45, 2.75) is 66.2 Å². The SMILES string of the molecule is CCCCCC(C)C.CCOC(=O)CCC(=O)O. The van der Waals surface area contributed by atoms with Crippen LogP contribution in [-0.4, -0.2) is 23.7 Å². The van der Waals surface area contributed by atoms with Crippen molar-refractivity contribution in [2.75, 3.05) is 6.61 Å². The molecule has 0 saturated heterocycles. The summed E-state index contributed by atoms with van der Waals surface area (Å²) in [4.78, 5) is 20.4. The lowest BCUT2D eigenvalue weighted by Crippen LogP contribution is -2.06. The largest absolute Gasteiger partial charge is 0.481 e. The van der Waals surface area contributed by atoms with Crippen LogP contribution in [0.4, 0.5) is 0 Å². The Bertz CT molecular complexity index is 212. The van der Waals surface area contributed by atoms with Crippen LogP contribution < -0.4 is 0 Å². The van der Waals surface area contributed by atoms with E-state index in [1.165, 1.54) is 25.7 Å². The van der Waals surface area contributed by atoms with E-state index in [1.54, 1.807) is 6.92 Å². The molecule has 0 aliphatic rings. The van der Waals surface area contributed by atoms with Gasteiger partial charge in [0, 0.05) is 0 Å². The number of carboxylic acid groups (broad SMARTS) is 1. The van der Waals surface area contributed by atoms with Crippen molar-refractivity contribution in [1.82, 2.24) is 0 Å². The highest BCUT2D eigenvalue weighted by Gasteiger charge is 2.04. The summed E-state index contributed by atoms with van der Waals surface area (Å²) in [6, 6.07) is 0. The summed E-state index contributed by atoms with van der Waals surface area (Å²) in [6.45, 7) is 8.81. The molecule has 4 nitrogen and oxygen atoms in total. The third kappa shape index (κ3) is 20.4. The second kappa shape index (κ2) is 14.0. The summed E-state index contributed by atoms with van der Waals surface area (Å²) in [5.74, 6) is -0.528. The summed E-state index contributed by atoms with van der Waals surface area (Å²) in [5, 5.41) is 8.12. The van der Waals surface area contributed by atoms with E-state index < -0.39 is 11.9 Å². The van der Waals surface area contributed by atoms with Crippen LogP contribution in [-0.2, 0) is 14.3 Å². The molecule has 0 rings (SSSR count). The highest BCUT2D eigenvalue weighted by Crippen LogP contribution is 2.06. The minimum Gasteiger partial charge on any atom is -0.481 e. The molecule has 0 radical (unpaired) electrons. The molecule has 0 aromatic heterocycles. The number of carboxylic acids is 1. The van der Waals surface area contributed by atoms with Crippen LogP contribution in [0.2, 0.25) is 0 Å². The number of carbonyl (C=O) groups excluding carboxylic acids is 1. The predicted molar refractivity (Wildman–Crippen MR) is 72.5 cm³/mol. The van der Waals surface area contributed by atoms with Crippen molar-refractivity contribution in [1.29, 1.82) is 0 Å². The minimum absolute atomic E-state index is 0.0385. The highest BCUT2D eigenvalue weighted by atomic mass is 16.5. The van der Waals surface area contributed by atoms with E-state index in [9.17, 15) is 9.59 Å². The summed E-state index contributed by atoms with van der Waals surface area (Å²) in [6.07, 6.45) is 5.41. The lowest BCUT2D eigenvalue weighted by Gasteiger charge is -2.00. The Labute approximate surface area is 111 Å². The van der Waals surface area contributed by atoms with Gasteiger partial charge in [-0.2, -0.15) is 0 Å².